The van der Waals surface area contributed by atoms with Crippen molar-refractivity contribution in [1.29, 1.82) is 0 Å². The second-order valence-electron chi connectivity index (χ2n) is 6.12. The highest BCUT2D eigenvalue weighted by atomic mass is 16.5. The lowest BCUT2D eigenvalue weighted by molar-refractivity contribution is 0.0200. The van der Waals surface area contributed by atoms with Crippen molar-refractivity contribution in [1.82, 2.24) is 24.8 Å². The SMILES string of the molecule is COCCO[C@H]1CC[C@H](NC(=O)c2nccc(-c3cncn3C)n2)C1. The minimum atomic E-state index is -0.258. The molecule has 2 atom stereocenters. The molecule has 8 heteroatoms. The predicted molar refractivity (Wildman–Crippen MR) is 91.0 cm³/mol. The van der Waals surface area contributed by atoms with Crippen molar-refractivity contribution in [2.45, 2.75) is 31.4 Å². The molecule has 1 N–H and O–H groups in total. The molecule has 2 aromatic rings. The van der Waals surface area contributed by atoms with Gasteiger partial charge in [-0.3, -0.25) is 4.79 Å². The van der Waals surface area contributed by atoms with E-state index in [-0.39, 0.29) is 23.9 Å². The first-order valence-electron chi connectivity index (χ1n) is 8.38. The number of amides is 1. The molecular formula is C17H23N5O3. The summed E-state index contributed by atoms with van der Waals surface area (Å²) in [6.45, 7) is 1.17. The number of nitrogens with zero attached hydrogens (tertiary/aromatic N) is 4. The largest absolute Gasteiger partial charge is 0.382 e. The lowest BCUT2D eigenvalue weighted by atomic mass is 10.2. The maximum Gasteiger partial charge on any atom is 0.289 e. The molecule has 1 aliphatic carbocycles. The Labute approximate surface area is 146 Å². The van der Waals surface area contributed by atoms with Crippen LogP contribution in [0.4, 0.5) is 0 Å². The number of methoxy groups -OCH3 is 1. The third-order valence-corrected chi connectivity index (χ3v) is 4.30. The normalized spacial score (nSPS) is 19.9. The van der Waals surface area contributed by atoms with Crippen molar-refractivity contribution in [3.05, 3.63) is 30.6 Å². The van der Waals surface area contributed by atoms with Gasteiger partial charge in [-0.15, -0.1) is 0 Å². The molecule has 0 bridgehead atoms. The van der Waals surface area contributed by atoms with E-state index in [0.717, 1.165) is 25.0 Å². The van der Waals surface area contributed by atoms with Gasteiger partial charge in [-0.1, -0.05) is 0 Å². The first-order chi connectivity index (χ1) is 12.2. The van der Waals surface area contributed by atoms with E-state index in [1.165, 1.54) is 0 Å². The van der Waals surface area contributed by atoms with Crippen LogP contribution in [0.2, 0.25) is 0 Å². The molecular weight excluding hydrogens is 322 g/mol. The molecule has 3 rings (SSSR count). The molecule has 2 aromatic heterocycles. The molecule has 0 aromatic carbocycles. The smallest absolute Gasteiger partial charge is 0.289 e. The van der Waals surface area contributed by atoms with Gasteiger partial charge < -0.3 is 19.4 Å². The third kappa shape index (κ3) is 4.40. The van der Waals surface area contributed by atoms with Crippen LogP contribution in [-0.4, -0.2) is 57.9 Å². The third-order valence-electron chi connectivity index (χ3n) is 4.30. The van der Waals surface area contributed by atoms with E-state index in [4.69, 9.17) is 9.47 Å². The Kier molecular flexibility index (Phi) is 5.72. The number of nitrogens with one attached hydrogen (secondary N) is 1. The minimum absolute atomic E-state index is 0.0870. The molecule has 1 saturated carbocycles. The maximum atomic E-state index is 12.5. The van der Waals surface area contributed by atoms with Gasteiger partial charge in [-0.2, -0.15) is 0 Å². The first-order valence-corrected chi connectivity index (χ1v) is 8.38. The van der Waals surface area contributed by atoms with Crippen LogP contribution < -0.4 is 5.32 Å². The summed E-state index contributed by atoms with van der Waals surface area (Å²) >= 11 is 0. The van der Waals surface area contributed by atoms with Gasteiger partial charge in [0.25, 0.3) is 5.91 Å². The Bertz CT molecular complexity index is 718. The van der Waals surface area contributed by atoms with Crippen LogP contribution in [0.3, 0.4) is 0 Å². The highest BCUT2D eigenvalue weighted by Gasteiger charge is 2.27. The molecule has 1 aliphatic rings. The van der Waals surface area contributed by atoms with Crippen LogP contribution >= 0.6 is 0 Å². The monoisotopic (exact) mass is 345 g/mol. The number of hydrogen-bond acceptors (Lipinski definition) is 6. The molecule has 134 valence electrons. The van der Waals surface area contributed by atoms with E-state index in [0.29, 0.717) is 18.9 Å². The Morgan fingerprint density at radius 2 is 2.28 bits per heavy atom. The molecule has 8 nitrogen and oxygen atoms in total. The average Bonchev–Trinajstić information content (AvgIpc) is 3.24. The van der Waals surface area contributed by atoms with Gasteiger partial charge in [0.05, 0.1) is 43.2 Å². The maximum absolute atomic E-state index is 12.5. The Morgan fingerprint density at radius 1 is 1.40 bits per heavy atom. The fourth-order valence-electron chi connectivity index (χ4n) is 2.99. The van der Waals surface area contributed by atoms with Crippen molar-refractivity contribution in [2.24, 2.45) is 7.05 Å². The van der Waals surface area contributed by atoms with E-state index in [9.17, 15) is 4.79 Å². The molecule has 0 unspecified atom stereocenters. The number of carbonyl (C=O) groups excluding carboxylic acids is 1. The number of carbonyl (C=O) groups is 1. The zero-order valence-electron chi connectivity index (χ0n) is 14.5. The van der Waals surface area contributed by atoms with Crippen LogP contribution in [0.15, 0.2) is 24.8 Å². The number of ether oxygens (including phenoxy) is 2. The summed E-state index contributed by atoms with van der Waals surface area (Å²) in [5.41, 5.74) is 1.51. The average molecular weight is 345 g/mol. The second-order valence-corrected chi connectivity index (χ2v) is 6.12. The molecule has 0 saturated heterocycles. The fraction of sp³-hybridized carbons (Fsp3) is 0.529. The number of imidazole rings is 1. The summed E-state index contributed by atoms with van der Waals surface area (Å²) in [6.07, 6.45) is 7.80. The number of aryl methyl sites for hydroxylation is 1. The standard InChI is InChI=1S/C17H23N5O3/c1-22-11-18-10-15(22)14-5-6-19-16(21-14)17(23)20-12-3-4-13(9-12)25-8-7-24-2/h5-6,10-13H,3-4,7-9H2,1-2H3,(H,20,23)/t12-,13-/m0/s1. The van der Waals surface area contributed by atoms with Gasteiger partial charge in [0.2, 0.25) is 5.82 Å². The van der Waals surface area contributed by atoms with E-state index in [1.54, 1.807) is 31.9 Å². The van der Waals surface area contributed by atoms with Crippen LogP contribution in [-0.2, 0) is 16.5 Å². The van der Waals surface area contributed by atoms with E-state index in [1.807, 2.05) is 11.6 Å². The van der Waals surface area contributed by atoms with Crippen molar-refractivity contribution >= 4 is 5.91 Å². The van der Waals surface area contributed by atoms with E-state index >= 15 is 0 Å². The van der Waals surface area contributed by atoms with E-state index < -0.39 is 0 Å². The van der Waals surface area contributed by atoms with Gasteiger partial charge in [0, 0.05) is 26.4 Å². The molecule has 1 amide bonds. The Morgan fingerprint density at radius 3 is 3.04 bits per heavy atom. The summed E-state index contributed by atoms with van der Waals surface area (Å²) in [7, 11) is 3.53. The summed E-state index contributed by atoms with van der Waals surface area (Å²) in [6, 6.07) is 1.85. The molecule has 2 heterocycles. The molecule has 0 aliphatic heterocycles. The second kappa shape index (κ2) is 8.17. The van der Waals surface area contributed by atoms with Crippen LogP contribution in [0.1, 0.15) is 29.9 Å². The van der Waals surface area contributed by atoms with Gasteiger partial charge in [-0.05, 0) is 25.3 Å². The zero-order valence-corrected chi connectivity index (χ0v) is 14.5. The van der Waals surface area contributed by atoms with Gasteiger partial charge in [0.1, 0.15) is 0 Å². The number of rotatable bonds is 7. The van der Waals surface area contributed by atoms with Crippen molar-refractivity contribution < 1.29 is 14.3 Å². The minimum Gasteiger partial charge on any atom is -0.382 e. The van der Waals surface area contributed by atoms with Crippen molar-refractivity contribution in [2.75, 3.05) is 20.3 Å². The van der Waals surface area contributed by atoms with Crippen LogP contribution in [0, 0.1) is 0 Å². The van der Waals surface area contributed by atoms with Gasteiger partial charge in [0.15, 0.2) is 0 Å². The van der Waals surface area contributed by atoms with Gasteiger partial charge in [-0.25, -0.2) is 15.0 Å². The molecule has 1 fully saturated rings. The van der Waals surface area contributed by atoms with Crippen molar-refractivity contribution in [3.63, 3.8) is 0 Å². The highest BCUT2D eigenvalue weighted by Crippen LogP contribution is 2.22. The Balaban J connectivity index is 1.58. The number of hydrogen-bond donors (Lipinski definition) is 1. The quantitative estimate of drug-likeness (QED) is 0.758. The summed E-state index contributed by atoms with van der Waals surface area (Å²) in [4.78, 5) is 25.0. The molecule has 0 spiro atoms. The topological polar surface area (TPSA) is 91.2 Å². The summed E-state index contributed by atoms with van der Waals surface area (Å²) in [5, 5.41) is 3.01. The molecule has 25 heavy (non-hydrogen) atoms. The fourth-order valence-corrected chi connectivity index (χ4v) is 2.99. The first kappa shape index (κ1) is 17.5. The Hall–Kier alpha value is -2.32. The zero-order chi connectivity index (χ0) is 17.6. The van der Waals surface area contributed by atoms with Gasteiger partial charge >= 0.3 is 0 Å². The van der Waals surface area contributed by atoms with Crippen LogP contribution in [0.5, 0.6) is 0 Å². The lowest BCUT2D eigenvalue weighted by Crippen LogP contribution is -2.34. The molecule has 0 radical (unpaired) electrons. The van der Waals surface area contributed by atoms with E-state index in [2.05, 4.69) is 20.3 Å². The van der Waals surface area contributed by atoms with Crippen LogP contribution in [0.25, 0.3) is 11.4 Å². The highest BCUT2D eigenvalue weighted by molar-refractivity contribution is 5.91. The summed E-state index contributed by atoms with van der Waals surface area (Å²) < 4.78 is 12.6. The predicted octanol–water partition coefficient (Wildman–Crippen LogP) is 1.19. The van der Waals surface area contributed by atoms with Crippen molar-refractivity contribution in [3.8, 4) is 11.4 Å². The number of aromatic nitrogens is 4. The summed E-state index contributed by atoms with van der Waals surface area (Å²) in [5.74, 6) is -0.0889. The lowest BCUT2D eigenvalue weighted by Gasteiger charge is -2.13.